The molecule has 21 heavy (non-hydrogen) atoms. The van der Waals surface area contributed by atoms with Gasteiger partial charge in [0.25, 0.3) is 0 Å². The van der Waals surface area contributed by atoms with Gasteiger partial charge in [0.15, 0.2) is 0 Å². The molecule has 1 amide bonds. The lowest BCUT2D eigenvalue weighted by molar-refractivity contribution is -0.116. The fraction of sp³-hybridized carbons (Fsp3) is 0.286. The summed E-state index contributed by atoms with van der Waals surface area (Å²) in [7, 11) is 1.33. The van der Waals surface area contributed by atoms with Gasteiger partial charge in [-0.2, -0.15) is 0 Å². The third kappa shape index (κ3) is 3.84. The molecule has 0 fully saturated rings. The van der Waals surface area contributed by atoms with E-state index in [9.17, 15) is 9.59 Å². The molecule has 0 saturated carbocycles. The summed E-state index contributed by atoms with van der Waals surface area (Å²) >= 11 is 8.43. The van der Waals surface area contributed by atoms with Gasteiger partial charge in [0.2, 0.25) is 5.91 Å². The van der Waals surface area contributed by atoms with E-state index in [1.54, 1.807) is 0 Å². The molecule has 0 radical (unpaired) electrons. The monoisotopic (exact) mass is 343 g/mol. The van der Waals surface area contributed by atoms with E-state index in [0.29, 0.717) is 29.3 Å². The van der Waals surface area contributed by atoms with Crippen molar-refractivity contribution in [1.29, 1.82) is 0 Å². The molecule has 0 aliphatic heterocycles. The number of ether oxygens (including phenoxy) is 1. The average molecular weight is 344 g/mol. The summed E-state index contributed by atoms with van der Waals surface area (Å²) in [6.45, 7) is 0. The minimum absolute atomic E-state index is 0.152. The first kappa shape index (κ1) is 16.0. The van der Waals surface area contributed by atoms with E-state index in [1.807, 2.05) is 22.9 Å². The van der Waals surface area contributed by atoms with Gasteiger partial charge in [-0.3, -0.25) is 4.79 Å². The third-order valence-corrected chi connectivity index (χ3v) is 4.82. The molecular weight excluding hydrogens is 330 g/mol. The van der Waals surface area contributed by atoms with Crippen LogP contribution in [0.25, 0.3) is 10.4 Å². The zero-order valence-corrected chi connectivity index (χ0v) is 13.7. The van der Waals surface area contributed by atoms with Gasteiger partial charge in [0.05, 0.1) is 7.11 Å². The Morgan fingerprint density at radius 3 is 2.81 bits per heavy atom. The van der Waals surface area contributed by atoms with Crippen LogP contribution in [0.3, 0.4) is 0 Å². The normalized spacial score (nSPS) is 10.4. The highest BCUT2D eigenvalue weighted by molar-refractivity contribution is 7.17. The second-order valence-electron chi connectivity index (χ2n) is 4.16. The van der Waals surface area contributed by atoms with Crippen molar-refractivity contribution < 1.29 is 14.3 Å². The zero-order chi connectivity index (χ0) is 15.2. The number of anilines is 1. The molecule has 0 atom stereocenters. The first-order valence-corrected chi connectivity index (χ1v) is 8.56. The molecule has 0 aliphatic carbocycles. The Morgan fingerprint density at radius 1 is 1.38 bits per heavy atom. The van der Waals surface area contributed by atoms with Crippen LogP contribution in [0.1, 0.15) is 23.2 Å². The van der Waals surface area contributed by atoms with Gasteiger partial charge in [-0.1, -0.05) is 6.07 Å². The van der Waals surface area contributed by atoms with Crippen LogP contribution in [-0.4, -0.2) is 24.9 Å². The number of alkyl halides is 1. The van der Waals surface area contributed by atoms with Gasteiger partial charge in [0.1, 0.15) is 10.6 Å². The van der Waals surface area contributed by atoms with E-state index < -0.39 is 5.97 Å². The smallest absolute Gasteiger partial charge is 0.341 e. The number of halogens is 1. The number of carbonyl (C=O) groups excluding carboxylic acids is 2. The van der Waals surface area contributed by atoms with Crippen molar-refractivity contribution in [1.82, 2.24) is 0 Å². The maximum atomic E-state index is 12.0. The van der Waals surface area contributed by atoms with E-state index >= 15 is 0 Å². The Hall–Kier alpha value is -1.37. The van der Waals surface area contributed by atoms with Crippen molar-refractivity contribution in [2.45, 2.75) is 12.8 Å². The summed E-state index contributed by atoms with van der Waals surface area (Å²) in [5.41, 5.74) is 1.19. The molecule has 2 rings (SSSR count). The molecule has 112 valence electrons. The number of carbonyl (C=O) groups is 2. The van der Waals surface area contributed by atoms with Gasteiger partial charge >= 0.3 is 5.97 Å². The second-order valence-corrected chi connectivity index (χ2v) is 6.37. The van der Waals surface area contributed by atoms with Crippen LogP contribution >= 0.6 is 34.3 Å². The summed E-state index contributed by atoms with van der Waals surface area (Å²) in [6.07, 6.45) is 0.931. The van der Waals surface area contributed by atoms with Gasteiger partial charge in [-0.15, -0.1) is 34.3 Å². The first-order valence-electron chi connectivity index (χ1n) is 6.27. The Kier molecular flexibility index (Phi) is 5.78. The van der Waals surface area contributed by atoms with Crippen LogP contribution in [0, 0.1) is 0 Å². The predicted molar refractivity (Wildman–Crippen MR) is 87.6 cm³/mol. The van der Waals surface area contributed by atoms with Gasteiger partial charge in [-0.25, -0.2) is 4.79 Å². The van der Waals surface area contributed by atoms with E-state index in [4.69, 9.17) is 16.3 Å². The lowest BCUT2D eigenvalue weighted by Gasteiger charge is -2.06. The van der Waals surface area contributed by atoms with Crippen LogP contribution in [0.15, 0.2) is 22.9 Å². The fourth-order valence-electron chi connectivity index (χ4n) is 1.78. The maximum Gasteiger partial charge on any atom is 0.341 e. The molecule has 4 nitrogen and oxygen atoms in total. The summed E-state index contributed by atoms with van der Waals surface area (Å²) in [5, 5.41) is 7.08. The number of rotatable bonds is 6. The number of methoxy groups -OCH3 is 1. The van der Waals surface area contributed by atoms with Gasteiger partial charge < -0.3 is 10.1 Å². The number of hydrogen-bond acceptors (Lipinski definition) is 5. The Morgan fingerprint density at radius 2 is 2.19 bits per heavy atom. The van der Waals surface area contributed by atoms with E-state index in [0.717, 1.165) is 10.4 Å². The number of thiophene rings is 2. The van der Waals surface area contributed by atoms with Crippen LogP contribution < -0.4 is 5.32 Å². The highest BCUT2D eigenvalue weighted by Crippen LogP contribution is 2.38. The van der Waals surface area contributed by atoms with Crippen LogP contribution in [0.5, 0.6) is 0 Å². The summed E-state index contributed by atoms with van der Waals surface area (Å²) in [4.78, 5) is 24.8. The van der Waals surface area contributed by atoms with Crippen molar-refractivity contribution in [3.05, 3.63) is 28.5 Å². The molecule has 7 heteroatoms. The third-order valence-electron chi connectivity index (χ3n) is 2.76. The molecular formula is C14H14ClNO3S2. The Balaban J connectivity index is 2.29. The van der Waals surface area contributed by atoms with Crippen molar-refractivity contribution in [2.75, 3.05) is 18.3 Å². The molecule has 0 saturated heterocycles. The lowest BCUT2D eigenvalue weighted by atomic mass is 10.1. The van der Waals surface area contributed by atoms with Crippen molar-refractivity contribution in [3.63, 3.8) is 0 Å². The van der Waals surface area contributed by atoms with Crippen LogP contribution in [0.2, 0.25) is 0 Å². The molecule has 0 bridgehead atoms. The first-order chi connectivity index (χ1) is 10.2. The van der Waals surface area contributed by atoms with Crippen molar-refractivity contribution in [3.8, 4) is 10.4 Å². The molecule has 0 aliphatic rings. The molecule has 1 N–H and O–H groups in total. The highest BCUT2D eigenvalue weighted by Gasteiger charge is 2.22. The van der Waals surface area contributed by atoms with Crippen molar-refractivity contribution >= 4 is 51.2 Å². The SMILES string of the molecule is COC(=O)c1c(-c2cccs2)csc1NC(=O)CCCCl. The number of esters is 1. The van der Waals surface area contributed by atoms with Crippen molar-refractivity contribution in [2.24, 2.45) is 0 Å². The highest BCUT2D eigenvalue weighted by atomic mass is 35.5. The molecule has 0 unspecified atom stereocenters. The van der Waals surface area contributed by atoms with E-state index in [-0.39, 0.29) is 5.91 Å². The van der Waals surface area contributed by atoms with E-state index in [1.165, 1.54) is 29.8 Å². The van der Waals surface area contributed by atoms with Crippen LogP contribution in [0.4, 0.5) is 5.00 Å². The summed E-state index contributed by atoms with van der Waals surface area (Å²) in [5.74, 6) is -0.171. The van der Waals surface area contributed by atoms with Gasteiger partial charge in [-0.05, 0) is 17.9 Å². The Bertz CT molecular complexity index is 622. The van der Waals surface area contributed by atoms with Crippen LogP contribution in [-0.2, 0) is 9.53 Å². The summed E-state index contributed by atoms with van der Waals surface area (Å²) < 4.78 is 4.84. The minimum atomic E-state index is -0.452. The standard InChI is InChI=1S/C14H14ClNO3S2/c1-19-14(18)12-9(10-4-3-7-20-10)8-21-13(12)16-11(17)5-2-6-15/h3-4,7-8H,2,5-6H2,1H3,(H,16,17). The van der Waals surface area contributed by atoms with E-state index in [2.05, 4.69) is 5.32 Å². The number of hydrogen-bond donors (Lipinski definition) is 1. The Labute approximate surface area is 135 Å². The fourth-order valence-corrected chi connectivity index (χ4v) is 3.71. The zero-order valence-electron chi connectivity index (χ0n) is 11.3. The second kappa shape index (κ2) is 7.59. The number of nitrogens with one attached hydrogen (secondary N) is 1. The quantitative estimate of drug-likeness (QED) is 0.631. The summed E-state index contributed by atoms with van der Waals surface area (Å²) in [6, 6.07) is 3.84. The maximum absolute atomic E-state index is 12.0. The topological polar surface area (TPSA) is 55.4 Å². The average Bonchev–Trinajstić information content (AvgIpc) is 3.13. The van der Waals surface area contributed by atoms with Gasteiger partial charge in [0, 0.05) is 28.1 Å². The largest absolute Gasteiger partial charge is 0.465 e. The lowest BCUT2D eigenvalue weighted by Crippen LogP contribution is -2.13. The predicted octanol–water partition coefficient (Wildman–Crippen LogP) is 4.22. The molecule has 0 aromatic carbocycles. The molecule has 2 aromatic rings. The minimum Gasteiger partial charge on any atom is -0.465 e. The molecule has 2 aromatic heterocycles. The molecule has 0 spiro atoms. The molecule has 2 heterocycles. The number of amides is 1.